The smallest absolute Gasteiger partial charge is 0.269 e. The molecule has 1 heterocycles. The van der Waals surface area contributed by atoms with Gasteiger partial charge in [0.1, 0.15) is 5.75 Å². The van der Waals surface area contributed by atoms with E-state index >= 15 is 0 Å². The van der Waals surface area contributed by atoms with Crippen LogP contribution in [0.2, 0.25) is 0 Å². The zero-order valence-electron chi connectivity index (χ0n) is 14.9. The number of nitro groups is 1. The predicted molar refractivity (Wildman–Crippen MR) is 101 cm³/mol. The van der Waals surface area contributed by atoms with Crippen molar-refractivity contribution in [3.05, 3.63) is 68.8 Å². The first-order chi connectivity index (χ1) is 13.1. The van der Waals surface area contributed by atoms with E-state index in [1.807, 2.05) is 6.07 Å². The molecule has 27 heavy (non-hydrogen) atoms. The molecule has 0 saturated carbocycles. The Morgan fingerprint density at radius 1 is 1.26 bits per heavy atom. The molecule has 0 radical (unpaired) electrons. The number of hydrogen-bond donors (Lipinski definition) is 1. The van der Waals surface area contributed by atoms with Crippen molar-refractivity contribution >= 4 is 22.7 Å². The number of non-ortho nitro benzene ring substituents is 1. The number of ether oxygens (including phenoxy) is 1. The lowest BCUT2D eigenvalue weighted by Crippen LogP contribution is -2.28. The van der Waals surface area contributed by atoms with Crippen molar-refractivity contribution in [2.45, 2.75) is 13.0 Å². The van der Waals surface area contributed by atoms with Crippen molar-refractivity contribution in [2.75, 3.05) is 20.2 Å². The number of carbonyl (C=O) groups excluding carboxylic acids is 1. The number of Topliss-reactive ketones (excluding diaryl/α,β-unsaturated/α-hetero) is 1. The van der Waals surface area contributed by atoms with Gasteiger partial charge >= 0.3 is 0 Å². The van der Waals surface area contributed by atoms with E-state index in [2.05, 4.69) is 4.90 Å². The molecule has 4 rings (SSSR count). The summed E-state index contributed by atoms with van der Waals surface area (Å²) in [5.41, 5.74) is 10.1. The Morgan fingerprint density at radius 3 is 2.78 bits per heavy atom. The largest absolute Gasteiger partial charge is 0.496 e. The summed E-state index contributed by atoms with van der Waals surface area (Å²) in [7, 11) is 1.59. The Hall–Kier alpha value is -3.19. The molecule has 138 valence electrons. The highest BCUT2D eigenvalue weighted by molar-refractivity contribution is 6.40. The molecular formula is C20H19N3O4. The summed E-state index contributed by atoms with van der Waals surface area (Å²) in [5.74, 6) is 0.570. The summed E-state index contributed by atoms with van der Waals surface area (Å²) in [6.45, 7) is 1.66. The Bertz CT molecular complexity index is 997. The molecular weight excluding hydrogens is 346 g/mol. The maximum absolute atomic E-state index is 13.2. The first-order valence-electron chi connectivity index (χ1n) is 8.76. The molecule has 2 aliphatic rings. The second-order valence-corrected chi connectivity index (χ2v) is 6.60. The van der Waals surface area contributed by atoms with E-state index in [-0.39, 0.29) is 11.5 Å². The SMILES string of the molecule is COc1cccc2c1C1=C(C2=O)c2ccc([N+](=O)[O-])cc2CN1CCCN. The fourth-order valence-electron chi connectivity index (χ4n) is 3.89. The van der Waals surface area contributed by atoms with Crippen LogP contribution in [0.1, 0.15) is 33.5 Å². The van der Waals surface area contributed by atoms with Gasteiger partial charge < -0.3 is 15.4 Å². The van der Waals surface area contributed by atoms with Gasteiger partial charge in [-0.1, -0.05) is 12.1 Å². The Kier molecular flexibility index (Phi) is 4.16. The molecule has 7 nitrogen and oxygen atoms in total. The Morgan fingerprint density at radius 2 is 2.07 bits per heavy atom. The highest BCUT2D eigenvalue weighted by Crippen LogP contribution is 2.48. The molecule has 7 heteroatoms. The van der Waals surface area contributed by atoms with Crippen LogP contribution in [0.5, 0.6) is 5.75 Å². The average molecular weight is 365 g/mol. The fourth-order valence-corrected chi connectivity index (χ4v) is 3.89. The molecule has 0 fully saturated rings. The lowest BCUT2D eigenvalue weighted by molar-refractivity contribution is -0.384. The van der Waals surface area contributed by atoms with Crippen LogP contribution in [0.15, 0.2) is 36.4 Å². The normalized spacial score (nSPS) is 14.7. The number of methoxy groups -OCH3 is 1. The number of nitro benzene ring substituents is 1. The molecule has 0 amide bonds. The number of ketones is 1. The maximum Gasteiger partial charge on any atom is 0.269 e. The Labute approximate surface area is 156 Å². The number of nitrogens with two attached hydrogens (primary N) is 1. The first kappa shape index (κ1) is 17.2. The van der Waals surface area contributed by atoms with E-state index in [4.69, 9.17) is 10.5 Å². The number of hydrogen-bond acceptors (Lipinski definition) is 6. The van der Waals surface area contributed by atoms with E-state index in [1.165, 1.54) is 6.07 Å². The van der Waals surface area contributed by atoms with Crippen LogP contribution in [0.3, 0.4) is 0 Å². The quantitative estimate of drug-likeness (QED) is 0.646. The molecule has 1 aliphatic heterocycles. The predicted octanol–water partition coefficient (Wildman–Crippen LogP) is 2.83. The van der Waals surface area contributed by atoms with Gasteiger partial charge in [-0.15, -0.1) is 0 Å². The van der Waals surface area contributed by atoms with Crippen LogP contribution in [0.4, 0.5) is 5.69 Å². The first-order valence-corrected chi connectivity index (χ1v) is 8.76. The zero-order valence-corrected chi connectivity index (χ0v) is 14.9. The van der Waals surface area contributed by atoms with Crippen LogP contribution >= 0.6 is 0 Å². The molecule has 0 atom stereocenters. The monoisotopic (exact) mass is 365 g/mol. The highest BCUT2D eigenvalue weighted by atomic mass is 16.6. The minimum absolute atomic E-state index is 0.0251. The molecule has 0 saturated heterocycles. The van der Waals surface area contributed by atoms with Crippen molar-refractivity contribution in [2.24, 2.45) is 5.73 Å². The molecule has 2 N–H and O–H groups in total. The molecule has 2 aromatic carbocycles. The van der Waals surface area contributed by atoms with Crippen molar-refractivity contribution in [3.8, 4) is 5.75 Å². The van der Waals surface area contributed by atoms with E-state index in [1.54, 1.807) is 31.4 Å². The third kappa shape index (κ3) is 2.59. The third-order valence-electron chi connectivity index (χ3n) is 5.07. The van der Waals surface area contributed by atoms with E-state index in [0.29, 0.717) is 36.5 Å². The van der Waals surface area contributed by atoms with Crippen LogP contribution in [0, 0.1) is 10.1 Å². The van der Waals surface area contributed by atoms with Crippen LogP contribution in [-0.4, -0.2) is 35.8 Å². The summed E-state index contributed by atoms with van der Waals surface area (Å²) in [6.07, 6.45) is 0.750. The molecule has 0 aromatic heterocycles. The lowest BCUT2D eigenvalue weighted by Gasteiger charge is -2.32. The van der Waals surface area contributed by atoms with Gasteiger partial charge in [0.15, 0.2) is 5.78 Å². The summed E-state index contributed by atoms with van der Waals surface area (Å²) < 4.78 is 5.52. The van der Waals surface area contributed by atoms with Gasteiger partial charge in [0.2, 0.25) is 0 Å². The van der Waals surface area contributed by atoms with Gasteiger partial charge in [0.05, 0.1) is 28.9 Å². The topological polar surface area (TPSA) is 98.7 Å². The third-order valence-corrected chi connectivity index (χ3v) is 5.07. The van der Waals surface area contributed by atoms with Crippen LogP contribution < -0.4 is 10.5 Å². The van der Waals surface area contributed by atoms with Gasteiger partial charge in [-0.25, -0.2) is 0 Å². The fraction of sp³-hybridized carbons (Fsp3) is 0.250. The Balaban J connectivity index is 1.95. The standard InChI is InChI=1S/C20H19N3O4/c1-27-16-5-2-4-15-17(16)19-18(20(15)24)14-7-6-13(23(25)26)10-12(14)11-22(19)9-3-8-21/h2,4-7,10H,3,8-9,11,21H2,1H3. The molecule has 0 spiro atoms. The number of allylic oxidation sites excluding steroid dienone is 1. The number of benzene rings is 2. The second-order valence-electron chi connectivity index (χ2n) is 6.60. The molecule has 0 bridgehead atoms. The number of fused-ring (bicyclic) bond motifs is 4. The molecule has 0 unspecified atom stereocenters. The number of nitrogens with zero attached hydrogens (tertiary/aromatic N) is 2. The summed E-state index contributed by atoms with van der Waals surface area (Å²) >= 11 is 0. The zero-order chi connectivity index (χ0) is 19.1. The molecule has 2 aromatic rings. The van der Waals surface area contributed by atoms with Gasteiger partial charge in [-0.3, -0.25) is 14.9 Å². The lowest BCUT2D eigenvalue weighted by atomic mass is 9.92. The van der Waals surface area contributed by atoms with Crippen molar-refractivity contribution < 1.29 is 14.5 Å². The highest BCUT2D eigenvalue weighted by Gasteiger charge is 2.39. The number of carbonyl (C=O) groups is 1. The van der Waals surface area contributed by atoms with Gasteiger partial charge in [-0.05, 0) is 36.2 Å². The summed E-state index contributed by atoms with van der Waals surface area (Å²) in [6, 6.07) is 10.1. The van der Waals surface area contributed by atoms with Crippen molar-refractivity contribution in [3.63, 3.8) is 0 Å². The average Bonchev–Trinajstić information content (AvgIpc) is 2.99. The van der Waals surface area contributed by atoms with Crippen molar-refractivity contribution in [1.29, 1.82) is 0 Å². The van der Waals surface area contributed by atoms with Gasteiger partial charge in [-0.2, -0.15) is 0 Å². The van der Waals surface area contributed by atoms with E-state index in [9.17, 15) is 14.9 Å². The van der Waals surface area contributed by atoms with Gasteiger partial charge in [0, 0.05) is 30.8 Å². The second kappa shape index (κ2) is 6.51. The van der Waals surface area contributed by atoms with E-state index < -0.39 is 4.92 Å². The van der Waals surface area contributed by atoms with E-state index in [0.717, 1.165) is 28.8 Å². The van der Waals surface area contributed by atoms with Gasteiger partial charge in [0.25, 0.3) is 5.69 Å². The van der Waals surface area contributed by atoms with Crippen LogP contribution in [0.25, 0.3) is 11.3 Å². The van der Waals surface area contributed by atoms with Crippen LogP contribution in [-0.2, 0) is 6.54 Å². The number of rotatable bonds is 5. The minimum atomic E-state index is -0.414. The summed E-state index contributed by atoms with van der Waals surface area (Å²) in [5, 5.41) is 11.2. The maximum atomic E-state index is 13.2. The minimum Gasteiger partial charge on any atom is -0.496 e. The van der Waals surface area contributed by atoms with Crippen molar-refractivity contribution in [1.82, 2.24) is 4.90 Å². The molecule has 1 aliphatic carbocycles. The summed E-state index contributed by atoms with van der Waals surface area (Å²) in [4.78, 5) is 26.0.